The van der Waals surface area contributed by atoms with Crippen LogP contribution in [0.1, 0.15) is 37.7 Å². The molecule has 32 heavy (non-hydrogen) atoms. The average molecular weight is 430 g/mol. The number of hydrogen-bond donors (Lipinski definition) is 1. The second-order valence-corrected chi connectivity index (χ2v) is 7.60. The van der Waals surface area contributed by atoms with Crippen molar-refractivity contribution < 1.29 is 14.5 Å². The summed E-state index contributed by atoms with van der Waals surface area (Å²) in [6.45, 7) is 2.43. The number of nitro groups is 1. The third-order valence-electron chi connectivity index (χ3n) is 5.74. The van der Waals surface area contributed by atoms with Crippen molar-refractivity contribution in [1.82, 2.24) is 0 Å². The number of Topliss-reactive ketones (excluding diaryl/α,β-unsaturated/α-hetero) is 1. The van der Waals surface area contributed by atoms with Crippen molar-refractivity contribution in [2.45, 2.75) is 32.1 Å². The van der Waals surface area contributed by atoms with Crippen molar-refractivity contribution in [3.63, 3.8) is 0 Å². The van der Waals surface area contributed by atoms with Crippen LogP contribution in [0.5, 0.6) is 5.75 Å². The highest BCUT2D eigenvalue weighted by Crippen LogP contribution is 2.46. The van der Waals surface area contributed by atoms with Crippen molar-refractivity contribution in [3.05, 3.63) is 86.9 Å². The number of ketones is 1. The molecular weight excluding hydrogens is 408 g/mol. The number of allylic oxidation sites excluding steroid dienone is 3. The number of benzene rings is 2. The fourth-order valence-electron chi connectivity index (χ4n) is 4.38. The van der Waals surface area contributed by atoms with Crippen LogP contribution in [0.3, 0.4) is 0 Å². The van der Waals surface area contributed by atoms with Gasteiger partial charge in [-0.25, -0.2) is 0 Å². The Labute approximate surface area is 185 Å². The van der Waals surface area contributed by atoms with Crippen LogP contribution in [0.2, 0.25) is 0 Å². The van der Waals surface area contributed by atoms with E-state index in [1.54, 1.807) is 17.0 Å². The monoisotopic (exact) mass is 430 g/mol. The molecule has 1 atom stereocenters. The number of carbonyl (C=O) groups excluding carboxylic acids is 1. The molecule has 0 spiro atoms. The third kappa shape index (κ3) is 3.58. The summed E-state index contributed by atoms with van der Waals surface area (Å²) in [5, 5.41) is 21.3. The van der Waals surface area contributed by atoms with Crippen molar-refractivity contribution in [2.24, 2.45) is 5.73 Å². The lowest BCUT2D eigenvalue weighted by Crippen LogP contribution is -2.38. The number of hydrogen-bond acceptors (Lipinski definition) is 7. The van der Waals surface area contributed by atoms with Crippen molar-refractivity contribution in [3.8, 4) is 11.8 Å². The third-order valence-corrected chi connectivity index (χ3v) is 5.74. The lowest BCUT2D eigenvalue weighted by molar-refractivity contribution is -0.384. The maximum absolute atomic E-state index is 13.1. The smallest absolute Gasteiger partial charge is 0.271 e. The molecule has 2 aliphatic rings. The van der Waals surface area contributed by atoms with Crippen molar-refractivity contribution in [2.75, 3.05) is 11.5 Å². The summed E-state index contributed by atoms with van der Waals surface area (Å²) in [6.07, 6.45) is 1.61. The number of nitriles is 1. The normalized spacial score (nSPS) is 18.3. The number of ether oxygens (including phenoxy) is 1. The van der Waals surface area contributed by atoms with Crippen LogP contribution in [0, 0.1) is 21.4 Å². The highest BCUT2D eigenvalue weighted by Gasteiger charge is 2.40. The molecule has 8 nitrogen and oxygen atoms in total. The summed E-state index contributed by atoms with van der Waals surface area (Å²) < 4.78 is 5.51. The molecule has 0 aromatic heterocycles. The van der Waals surface area contributed by atoms with E-state index in [0.29, 0.717) is 48.6 Å². The van der Waals surface area contributed by atoms with Crippen molar-refractivity contribution in [1.29, 1.82) is 5.26 Å². The number of rotatable bonds is 5. The predicted molar refractivity (Wildman–Crippen MR) is 119 cm³/mol. The molecule has 2 aromatic rings. The van der Waals surface area contributed by atoms with E-state index in [1.807, 2.05) is 31.2 Å². The van der Waals surface area contributed by atoms with E-state index in [-0.39, 0.29) is 22.9 Å². The summed E-state index contributed by atoms with van der Waals surface area (Å²) in [7, 11) is 0. The molecule has 4 rings (SSSR count). The van der Waals surface area contributed by atoms with E-state index in [4.69, 9.17) is 10.5 Å². The first kappa shape index (κ1) is 21.1. The molecule has 8 heteroatoms. The molecule has 0 bridgehead atoms. The molecule has 2 aromatic carbocycles. The molecule has 0 fully saturated rings. The summed E-state index contributed by atoms with van der Waals surface area (Å²) in [5.74, 6) is 0.250. The minimum absolute atomic E-state index is 0.0409. The Morgan fingerprint density at radius 3 is 2.66 bits per heavy atom. The number of carbonyl (C=O) groups is 1. The fraction of sp³-hybridized carbons (Fsp3) is 0.250. The second-order valence-electron chi connectivity index (χ2n) is 7.60. The Balaban J connectivity index is 1.90. The molecule has 0 amide bonds. The Morgan fingerprint density at radius 2 is 2.00 bits per heavy atom. The lowest BCUT2D eigenvalue weighted by Gasteiger charge is -2.39. The van der Waals surface area contributed by atoms with E-state index in [1.165, 1.54) is 12.1 Å². The molecule has 1 heterocycles. The maximum atomic E-state index is 13.1. The van der Waals surface area contributed by atoms with Gasteiger partial charge in [-0.1, -0.05) is 18.2 Å². The number of non-ortho nitro benzene ring substituents is 1. The zero-order valence-electron chi connectivity index (χ0n) is 17.6. The van der Waals surface area contributed by atoms with E-state index < -0.39 is 10.8 Å². The highest BCUT2D eigenvalue weighted by atomic mass is 16.6. The maximum Gasteiger partial charge on any atom is 0.271 e. The van der Waals surface area contributed by atoms with Gasteiger partial charge in [0.05, 0.1) is 34.8 Å². The molecule has 0 saturated heterocycles. The Kier molecular flexibility index (Phi) is 5.65. The molecule has 1 unspecified atom stereocenters. The first-order valence-corrected chi connectivity index (χ1v) is 10.4. The topological polar surface area (TPSA) is 122 Å². The molecule has 0 saturated carbocycles. The number of nitrogens with zero attached hydrogens (tertiary/aromatic N) is 3. The highest BCUT2D eigenvalue weighted by molar-refractivity contribution is 6.01. The van der Waals surface area contributed by atoms with E-state index in [2.05, 4.69) is 6.07 Å². The van der Waals surface area contributed by atoms with Gasteiger partial charge in [-0.05, 0) is 43.5 Å². The summed E-state index contributed by atoms with van der Waals surface area (Å²) >= 11 is 0. The van der Waals surface area contributed by atoms with Gasteiger partial charge in [-0.15, -0.1) is 0 Å². The largest absolute Gasteiger partial charge is 0.494 e. The Bertz CT molecular complexity index is 1190. The van der Waals surface area contributed by atoms with Gasteiger partial charge in [0.1, 0.15) is 11.6 Å². The van der Waals surface area contributed by atoms with Crippen molar-refractivity contribution >= 4 is 17.2 Å². The molecule has 1 aliphatic heterocycles. The van der Waals surface area contributed by atoms with E-state index in [0.717, 1.165) is 5.56 Å². The summed E-state index contributed by atoms with van der Waals surface area (Å²) in [4.78, 5) is 25.6. The molecule has 1 aliphatic carbocycles. The lowest BCUT2D eigenvalue weighted by atomic mass is 9.75. The van der Waals surface area contributed by atoms with E-state index >= 15 is 0 Å². The second kappa shape index (κ2) is 8.55. The Morgan fingerprint density at radius 1 is 1.25 bits per heavy atom. The average Bonchev–Trinajstić information content (AvgIpc) is 2.79. The number of anilines is 1. The minimum Gasteiger partial charge on any atom is -0.494 e. The van der Waals surface area contributed by atoms with Crippen LogP contribution in [0.15, 0.2) is 71.2 Å². The SMILES string of the molecule is CCOc1ccc(C2C(C#N)=C(N)N(c3cccc([N+](=O)[O-])c3)C3=C2C(=O)CCC3)cc1. The molecule has 2 N–H and O–H groups in total. The fourth-order valence-corrected chi connectivity index (χ4v) is 4.38. The zero-order chi connectivity index (χ0) is 22.8. The van der Waals surface area contributed by atoms with Crippen LogP contribution in [-0.4, -0.2) is 17.3 Å². The standard InChI is InChI=1S/C24H22N4O4/c1-2-32-18-11-9-15(10-12-18)22-19(14-25)24(26)27(20-7-4-8-21(29)23(20)22)16-5-3-6-17(13-16)28(30)31/h3,5-6,9-13,22H,2,4,7-8,26H2,1H3. The summed E-state index contributed by atoms with van der Waals surface area (Å²) in [5.41, 5.74) is 9.09. The van der Waals surface area contributed by atoms with Gasteiger partial charge in [0.25, 0.3) is 5.69 Å². The van der Waals surface area contributed by atoms with Gasteiger partial charge in [0, 0.05) is 29.8 Å². The van der Waals surface area contributed by atoms with Crippen LogP contribution in [0.4, 0.5) is 11.4 Å². The molecule has 0 radical (unpaired) electrons. The van der Waals surface area contributed by atoms with Gasteiger partial charge >= 0.3 is 0 Å². The van der Waals surface area contributed by atoms with Gasteiger partial charge < -0.3 is 10.5 Å². The Hall–Kier alpha value is -4.12. The first-order chi connectivity index (χ1) is 15.5. The van der Waals surface area contributed by atoms with Gasteiger partial charge in [-0.2, -0.15) is 5.26 Å². The predicted octanol–water partition coefficient (Wildman–Crippen LogP) is 4.30. The van der Waals surface area contributed by atoms with Gasteiger partial charge in [0.15, 0.2) is 5.78 Å². The number of nitro benzene ring substituents is 1. The van der Waals surface area contributed by atoms with Crippen LogP contribution < -0.4 is 15.4 Å². The summed E-state index contributed by atoms with van der Waals surface area (Å²) in [6, 6.07) is 15.6. The molecular formula is C24H22N4O4. The van der Waals surface area contributed by atoms with Gasteiger partial charge in [0.2, 0.25) is 0 Å². The zero-order valence-corrected chi connectivity index (χ0v) is 17.6. The molecule has 162 valence electrons. The van der Waals surface area contributed by atoms with Crippen LogP contribution in [0.25, 0.3) is 0 Å². The van der Waals surface area contributed by atoms with Crippen LogP contribution >= 0.6 is 0 Å². The first-order valence-electron chi connectivity index (χ1n) is 10.4. The van der Waals surface area contributed by atoms with Gasteiger partial charge in [-0.3, -0.25) is 19.8 Å². The quantitative estimate of drug-likeness (QED) is 0.554. The van der Waals surface area contributed by atoms with E-state index in [9.17, 15) is 20.2 Å². The number of nitrogens with two attached hydrogens (primary N) is 1. The van der Waals surface area contributed by atoms with Crippen LogP contribution in [-0.2, 0) is 4.79 Å². The minimum atomic E-state index is -0.589.